The van der Waals surface area contributed by atoms with Crippen molar-refractivity contribution in [2.24, 2.45) is 0 Å². The lowest BCUT2D eigenvalue weighted by Crippen LogP contribution is -2.57. The van der Waals surface area contributed by atoms with Gasteiger partial charge in [-0.05, 0) is 26.0 Å². The van der Waals surface area contributed by atoms with Gasteiger partial charge in [0, 0.05) is 13.2 Å². The second-order valence-corrected chi connectivity index (χ2v) is 4.90. The van der Waals surface area contributed by atoms with Gasteiger partial charge in [-0.3, -0.25) is 4.79 Å². The molecule has 1 amide bonds. The molecule has 1 aromatic carbocycles. The molecule has 22 heavy (non-hydrogen) atoms. The van der Waals surface area contributed by atoms with Crippen LogP contribution in [0.15, 0.2) is 18.2 Å². The highest BCUT2D eigenvalue weighted by molar-refractivity contribution is 5.88. The van der Waals surface area contributed by atoms with Gasteiger partial charge in [-0.1, -0.05) is 0 Å². The molecule has 0 radical (unpaired) electrons. The third kappa shape index (κ3) is 4.39. The SMILES string of the molecule is COCC(C)(NC(=O)C(C)Oc1ccc(F)c(F)c1)C(=O)O. The fourth-order valence-corrected chi connectivity index (χ4v) is 1.62. The molecule has 0 aliphatic heterocycles. The van der Waals surface area contributed by atoms with Crippen LogP contribution in [0.3, 0.4) is 0 Å². The van der Waals surface area contributed by atoms with Crippen LogP contribution in [0.2, 0.25) is 0 Å². The summed E-state index contributed by atoms with van der Waals surface area (Å²) >= 11 is 0. The van der Waals surface area contributed by atoms with E-state index in [1.807, 2.05) is 0 Å². The zero-order chi connectivity index (χ0) is 16.9. The highest BCUT2D eigenvalue weighted by atomic mass is 19.2. The number of aliphatic carboxylic acids is 1. The second kappa shape index (κ2) is 7.17. The number of nitrogens with one attached hydrogen (secondary N) is 1. The first kappa shape index (κ1) is 17.8. The predicted molar refractivity (Wildman–Crippen MR) is 72.5 cm³/mol. The zero-order valence-corrected chi connectivity index (χ0v) is 12.4. The van der Waals surface area contributed by atoms with E-state index in [0.29, 0.717) is 0 Å². The normalized spacial score (nSPS) is 14.8. The molecule has 6 nitrogen and oxygen atoms in total. The number of benzene rings is 1. The molecule has 1 aromatic rings. The average molecular weight is 317 g/mol. The molecule has 0 aliphatic carbocycles. The molecule has 1 rings (SSSR count). The minimum Gasteiger partial charge on any atom is -0.481 e. The van der Waals surface area contributed by atoms with E-state index < -0.39 is 35.2 Å². The van der Waals surface area contributed by atoms with Crippen LogP contribution in [-0.4, -0.2) is 42.3 Å². The van der Waals surface area contributed by atoms with Gasteiger partial charge in [-0.2, -0.15) is 0 Å². The molecule has 0 aromatic heterocycles. The third-order valence-corrected chi connectivity index (χ3v) is 2.88. The summed E-state index contributed by atoms with van der Waals surface area (Å²) in [4.78, 5) is 23.2. The van der Waals surface area contributed by atoms with E-state index >= 15 is 0 Å². The molecule has 0 aliphatic rings. The Morgan fingerprint density at radius 2 is 2.00 bits per heavy atom. The monoisotopic (exact) mass is 317 g/mol. The van der Waals surface area contributed by atoms with Gasteiger partial charge in [-0.15, -0.1) is 0 Å². The van der Waals surface area contributed by atoms with Gasteiger partial charge in [0.2, 0.25) is 0 Å². The fraction of sp³-hybridized carbons (Fsp3) is 0.429. The standard InChI is InChI=1S/C14H17F2NO5/c1-8(22-9-4-5-10(15)11(16)6-9)12(18)17-14(2,7-21-3)13(19)20/h4-6,8H,7H2,1-3H3,(H,17,18)(H,19,20). The maximum Gasteiger partial charge on any atom is 0.331 e. The number of methoxy groups -OCH3 is 1. The van der Waals surface area contributed by atoms with E-state index in [0.717, 1.165) is 18.2 Å². The van der Waals surface area contributed by atoms with Gasteiger partial charge in [0.1, 0.15) is 5.75 Å². The lowest BCUT2D eigenvalue weighted by atomic mass is 10.0. The number of hydrogen-bond donors (Lipinski definition) is 2. The molecule has 8 heteroatoms. The number of carboxylic acids is 1. The number of halogens is 2. The summed E-state index contributed by atoms with van der Waals surface area (Å²) in [6.07, 6.45) is -1.11. The summed E-state index contributed by atoms with van der Waals surface area (Å²) in [5.74, 6) is -4.21. The summed E-state index contributed by atoms with van der Waals surface area (Å²) in [5, 5.41) is 11.4. The van der Waals surface area contributed by atoms with E-state index in [1.54, 1.807) is 0 Å². The Balaban J connectivity index is 2.75. The molecule has 0 saturated heterocycles. The first-order valence-corrected chi connectivity index (χ1v) is 6.35. The molecule has 0 saturated carbocycles. The Hall–Kier alpha value is -2.22. The summed E-state index contributed by atoms with van der Waals surface area (Å²) in [6.45, 7) is 2.39. The molecule has 2 unspecified atom stereocenters. The van der Waals surface area contributed by atoms with Crippen molar-refractivity contribution < 1.29 is 33.0 Å². The van der Waals surface area contributed by atoms with Crippen molar-refractivity contribution in [3.63, 3.8) is 0 Å². The van der Waals surface area contributed by atoms with Crippen molar-refractivity contribution in [1.29, 1.82) is 0 Å². The van der Waals surface area contributed by atoms with Crippen LogP contribution in [-0.2, 0) is 14.3 Å². The number of hydrogen-bond acceptors (Lipinski definition) is 4. The first-order valence-electron chi connectivity index (χ1n) is 6.35. The van der Waals surface area contributed by atoms with Gasteiger partial charge in [0.15, 0.2) is 23.3 Å². The summed E-state index contributed by atoms with van der Waals surface area (Å²) < 4.78 is 35.8. The zero-order valence-electron chi connectivity index (χ0n) is 12.4. The fourth-order valence-electron chi connectivity index (χ4n) is 1.62. The number of carboxylic acid groups (broad SMARTS) is 1. The van der Waals surface area contributed by atoms with Gasteiger partial charge in [0.25, 0.3) is 5.91 Å². The maximum absolute atomic E-state index is 13.1. The summed E-state index contributed by atoms with van der Waals surface area (Å²) in [5.41, 5.74) is -1.63. The molecule has 0 fully saturated rings. The van der Waals surface area contributed by atoms with Gasteiger partial charge >= 0.3 is 5.97 Å². The largest absolute Gasteiger partial charge is 0.481 e. The Morgan fingerprint density at radius 1 is 1.36 bits per heavy atom. The quantitative estimate of drug-likeness (QED) is 0.793. The predicted octanol–water partition coefficient (Wildman–Crippen LogP) is 1.34. The van der Waals surface area contributed by atoms with E-state index in [-0.39, 0.29) is 12.4 Å². The van der Waals surface area contributed by atoms with Crippen molar-refractivity contribution in [2.75, 3.05) is 13.7 Å². The van der Waals surface area contributed by atoms with Crippen molar-refractivity contribution in [1.82, 2.24) is 5.32 Å². The van der Waals surface area contributed by atoms with Gasteiger partial charge in [0.05, 0.1) is 6.61 Å². The van der Waals surface area contributed by atoms with Crippen LogP contribution in [0.1, 0.15) is 13.8 Å². The van der Waals surface area contributed by atoms with E-state index in [1.165, 1.54) is 21.0 Å². The van der Waals surface area contributed by atoms with Crippen molar-refractivity contribution >= 4 is 11.9 Å². The third-order valence-electron chi connectivity index (χ3n) is 2.88. The molecular weight excluding hydrogens is 300 g/mol. The number of carbonyl (C=O) groups excluding carboxylic acids is 1. The first-order chi connectivity index (χ1) is 10.2. The topological polar surface area (TPSA) is 84.9 Å². The lowest BCUT2D eigenvalue weighted by molar-refractivity contribution is -0.150. The van der Waals surface area contributed by atoms with E-state index in [4.69, 9.17) is 14.6 Å². The van der Waals surface area contributed by atoms with Crippen LogP contribution in [0, 0.1) is 11.6 Å². The highest BCUT2D eigenvalue weighted by Gasteiger charge is 2.36. The Labute approximate surface area is 126 Å². The Kier molecular flexibility index (Phi) is 5.81. The molecular formula is C14H17F2NO5. The second-order valence-electron chi connectivity index (χ2n) is 4.90. The van der Waals surface area contributed by atoms with Crippen LogP contribution in [0.25, 0.3) is 0 Å². The number of carbonyl (C=O) groups is 2. The van der Waals surface area contributed by atoms with Crippen molar-refractivity contribution in [3.05, 3.63) is 29.8 Å². The Bertz CT molecular complexity index is 566. The van der Waals surface area contributed by atoms with Crippen LogP contribution in [0.5, 0.6) is 5.75 Å². The van der Waals surface area contributed by atoms with E-state index in [9.17, 15) is 18.4 Å². The van der Waals surface area contributed by atoms with Crippen molar-refractivity contribution in [2.45, 2.75) is 25.5 Å². The number of amides is 1. The van der Waals surface area contributed by atoms with E-state index in [2.05, 4.69) is 5.32 Å². The van der Waals surface area contributed by atoms with Crippen LogP contribution in [0.4, 0.5) is 8.78 Å². The summed E-state index contributed by atoms with van der Waals surface area (Å²) in [6, 6.07) is 2.82. The maximum atomic E-state index is 13.1. The van der Waals surface area contributed by atoms with Gasteiger partial charge < -0.3 is 19.9 Å². The Morgan fingerprint density at radius 3 is 2.50 bits per heavy atom. The minimum absolute atomic E-state index is 0.0506. The molecule has 2 N–H and O–H groups in total. The molecule has 0 spiro atoms. The van der Waals surface area contributed by atoms with Crippen LogP contribution >= 0.6 is 0 Å². The minimum atomic E-state index is -1.63. The molecule has 122 valence electrons. The average Bonchev–Trinajstić information content (AvgIpc) is 2.42. The summed E-state index contributed by atoms with van der Waals surface area (Å²) in [7, 11) is 1.30. The molecule has 0 bridgehead atoms. The lowest BCUT2D eigenvalue weighted by Gasteiger charge is -2.27. The number of ether oxygens (including phenoxy) is 2. The molecule has 0 heterocycles. The number of rotatable bonds is 7. The smallest absolute Gasteiger partial charge is 0.331 e. The molecule has 2 atom stereocenters. The van der Waals surface area contributed by atoms with Crippen LogP contribution < -0.4 is 10.1 Å². The van der Waals surface area contributed by atoms with Crippen molar-refractivity contribution in [3.8, 4) is 5.75 Å². The van der Waals surface area contributed by atoms with Gasteiger partial charge in [-0.25, -0.2) is 13.6 Å². The highest BCUT2D eigenvalue weighted by Crippen LogP contribution is 2.17.